The van der Waals surface area contributed by atoms with Gasteiger partial charge in [-0.2, -0.15) is 0 Å². The van der Waals surface area contributed by atoms with Gasteiger partial charge in [0.15, 0.2) is 5.16 Å². The third-order valence-corrected chi connectivity index (χ3v) is 3.42. The minimum absolute atomic E-state index is 0.989. The van der Waals surface area contributed by atoms with Crippen molar-refractivity contribution in [2.24, 2.45) is 0 Å². The number of hydrogen-bond acceptors (Lipinski definition) is 3. The predicted octanol–water partition coefficient (Wildman–Crippen LogP) is 2.76. The molecule has 0 aliphatic rings. The summed E-state index contributed by atoms with van der Waals surface area (Å²) in [6.45, 7) is 0. The molecule has 2 aromatic heterocycles. The first-order valence-corrected chi connectivity index (χ1v) is 5.46. The third-order valence-electron chi connectivity index (χ3n) is 1.40. The van der Waals surface area contributed by atoms with Gasteiger partial charge in [0, 0.05) is 23.0 Å². The van der Waals surface area contributed by atoms with Crippen LogP contribution in [0.25, 0.3) is 0 Å². The van der Waals surface area contributed by atoms with Crippen molar-refractivity contribution in [2.75, 3.05) is 0 Å². The van der Waals surface area contributed by atoms with E-state index in [0.29, 0.717) is 0 Å². The van der Waals surface area contributed by atoms with Crippen LogP contribution in [0.1, 0.15) is 4.88 Å². The average molecular weight is 196 g/mol. The number of rotatable bonds is 3. The number of nitrogens with zero attached hydrogens (tertiary/aromatic N) is 1. The minimum atomic E-state index is 0.989. The molecular formula is C8H8N2S2. The lowest BCUT2D eigenvalue weighted by Gasteiger charge is -1.92. The van der Waals surface area contributed by atoms with Gasteiger partial charge >= 0.3 is 0 Å². The van der Waals surface area contributed by atoms with Crippen LogP contribution in [0, 0.1) is 0 Å². The molecule has 0 bridgehead atoms. The largest absolute Gasteiger partial charge is 0.340 e. The van der Waals surface area contributed by atoms with Crippen LogP contribution < -0.4 is 0 Å². The Labute approximate surface area is 79.0 Å². The zero-order chi connectivity index (χ0) is 8.23. The molecule has 62 valence electrons. The van der Waals surface area contributed by atoms with E-state index in [4.69, 9.17) is 0 Å². The number of hydrogen-bond donors (Lipinski definition) is 1. The number of imidazole rings is 1. The van der Waals surface area contributed by atoms with Crippen LogP contribution in [0.15, 0.2) is 35.1 Å². The van der Waals surface area contributed by atoms with Crippen LogP contribution in [0.3, 0.4) is 0 Å². The summed E-state index contributed by atoms with van der Waals surface area (Å²) >= 11 is 3.51. The van der Waals surface area contributed by atoms with E-state index in [1.807, 2.05) is 6.20 Å². The molecule has 1 N–H and O–H groups in total. The van der Waals surface area contributed by atoms with Crippen molar-refractivity contribution >= 4 is 23.1 Å². The number of thioether (sulfide) groups is 1. The molecule has 2 nitrogen and oxygen atoms in total. The maximum Gasteiger partial charge on any atom is 0.165 e. The SMILES string of the molecule is c1csc(CSc2ncc[nH]2)c1. The summed E-state index contributed by atoms with van der Waals surface area (Å²) < 4.78 is 0. The second-order valence-corrected chi connectivity index (χ2v) is 4.26. The molecule has 0 spiro atoms. The van der Waals surface area contributed by atoms with Crippen LogP contribution in [-0.4, -0.2) is 9.97 Å². The second-order valence-electron chi connectivity index (χ2n) is 2.26. The Kier molecular flexibility index (Phi) is 2.48. The van der Waals surface area contributed by atoms with Crippen molar-refractivity contribution in [3.8, 4) is 0 Å². The molecule has 0 fully saturated rings. The summed E-state index contributed by atoms with van der Waals surface area (Å²) in [6.07, 6.45) is 3.62. The number of aromatic nitrogens is 2. The molecule has 2 heterocycles. The summed E-state index contributed by atoms with van der Waals surface area (Å²) in [6, 6.07) is 4.21. The van der Waals surface area contributed by atoms with Crippen molar-refractivity contribution in [3.63, 3.8) is 0 Å². The highest BCUT2D eigenvalue weighted by Gasteiger charge is 1.97. The molecule has 0 aliphatic heterocycles. The number of thiophene rings is 1. The van der Waals surface area contributed by atoms with Crippen LogP contribution in [0.4, 0.5) is 0 Å². The maximum atomic E-state index is 4.13. The molecule has 0 aliphatic carbocycles. The Balaban J connectivity index is 1.91. The van der Waals surface area contributed by atoms with Crippen molar-refractivity contribution in [3.05, 3.63) is 34.8 Å². The van der Waals surface area contributed by atoms with E-state index in [0.717, 1.165) is 10.9 Å². The van der Waals surface area contributed by atoms with Crippen molar-refractivity contribution < 1.29 is 0 Å². The highest BCUT2D eigenvalue weighted by atomic mass is 32.2. The molecule has 0 aromatic carbocycles. The molecule has 0 saturated carbocycles. The first kappa shape index (κ1) is 7.89. The monoisotopic (exact) mass is 196 g/mol. The molecule has 0 unspecified atom stereocenters. The summed E-state index contributed by atoms with van der Waals surface area (Å²) in [5.74, 6) is 1.01. The van der Waals surface area contributed by atoms with Gasteiger partial charge in [0.1, 0.15) is 0 Å². The summed E-state index contributed by atoms with van der Waals surface area (Å²) in [5, 5.41) is 3.08. The Morgan fingerprint density at radius 2 is 2.58 bits per heavy atom. The lowest BCUT2D eigenvalue weighted by Crippen LogP contribution is -1.75. The van der Waals surface area contributed by atoms with Crippen molar-refractivity contribution in [1.29, 1.82) is 0 Å². The van der Waals surface area contributed by atoms with Gasteiger partial charge in [0.2, 0.25) is 0 Å². The molecule has 0 saturated heterocycles. The van der Waals surface area contributed by atoms with Crippen molar-refractivity contribution in [2.45, 2.75) is 10.9 Å². The van der Waals surface area contributed by atoms with Gasteiger partial charge in [-0.25, -0.2) is 4.98 Å². The lowest BCUT2D eigenvalue weighted by atomic mass is 10.5. The van der Waals surface area contributed by atoms with E-state index in [2.05, 4.69) is 27.5 Å². The maximum absolute atomic E-state index is 4.13. The molecule has 0 radical (unpaired) electrons. The molecule has 0 atom stereocenters. The van der Waals surface area contributed by atoms with Crippen molar-refractivity contribution in [1.82, 2.24) is 9.97 Å². The lowest BCUT2D eigenvalue weighted by molar-refractivity contribution is 1.06. The number of H-pyrrole nitrogens is 1. The third kappa shape index (κ3) is 1.89. The van der Waals surface area contributed by atoms with Gasteiger partial charge in [-0.3, -0.25) is 0 Å². The Morgan fingerprint density at radius 3 is 3.25 bits per heavy atom. The molecular weight excluding hydrogens is 188 g/mol. The fraction of sp³-hybridized carbons (Fsp3) is 0.125. The fourth-order valence-corrected chi connectivity index (χ4v) is 2.46. The van der Waals surface area contributed by atoms with Gasteiger partial charge in [-0.15, -0.1) is 11.3 Å². The number of aromatic amines is 1. The van der Waals surface area contributed by atoms with Gasteiger partial charge < -0.3 is 4.98 Å². The highest BCUT2D eigenvalue weighted by Crippen LogP contribution is 2.21. The Morgan fingerprint density at radius 1 is 1.58 bits per heavy atom. The number of nitrogens with one attached hydrogen (secondary N) is 1. The topological polar surface area (TPSA) is 28.7 Å². The second kappa shape index (κ2) is 3.78. The summed E-state index contributed by atoms with van der Waals surface area (Å²) in [5.41, 5.74) is 0. The molecule has 2 aromatic rings. The van der Waals surface area contributed by atoms with Gasteiger partial charge in [0.25, 0.3) is 0 Å². The smallest absolute Gasteiger partial charge is 0.165 e. The first-order chi connectivity index (χ1) is 5.95. The summed E-state index contributed by atoms with van der Waals surface area (Å²) in [4.78, 5) is 8.57. The highest BCUT2D eigenvalue weighted by molar-refractivity contribution is 7.98. The van der Waals surface area contributed by atoms with E-state index >= 15 is 0 Å². The molecule has 2 rings (SSSR count). The van der Waals surface area contributed by atoms with Crippen LogP contribution in [-0.2, 0) is 5.75 Å². The standard InChI is InChI=1S/C8H8N2S2/c1-2-7(11-5-1)6-12-8-9-3-4-10-8/h1-5H,6H2,(H,9,10). The average Bonchev–Trinajstić information content (AvgIpc) is 2.74. The first-order valence-electron chi connectivity index (χ1n) is 3.60. The van der Waals surface area contributed by atoms with E-state index < -0.39 is 0 Å². The Hall–Kier alpha value is -0.740. The molecule has 12 heavy (non-hydrogen) atoms. The predicted molar refractivity (Wildman–Crippen MR) is 52.5 cm³/mol. The van der Waals surface area contributed by atoms with Gasteiger partial charge in [-0.05, 0) is 11.4 Å². The van der Waals surface area contributed by atoms with E-state index in [-0.39, 0.29) is 0 Å². The molecule has 0 amide bonds. The van der Waals surface area contributed by atoms with Crippen LogP contribution >= 0.6 is 23.1 Å². The minimum Gasteiger partial charge on any atom is -0.340 e. The fourth-order valence-electron chi connectivity index (χ4n) is 0.864. The summed E-state index contributed by atoms with van der Waals surface area (Å²) in [7, 11) is 0. The van der Waals surface area contributed by atoms with E-state index in [1.54, 1.807) is 29.3 Å². The molecule has 4 heteroatoms. The van der Waals surface area contributed by atoms with E-state index in [1.165, 1.54) is 4.88 Å². The van der Waals surface area contributed by atoms with Crippen LogP contribution in [0.2, 0.25) is 0 Å². The quantitative estimate of drug-likeness (QED) is 0.765. The van der Waals surface area contributed by atoms with Gasteiger partial charge in [-0.1, -0.05) is 17.8 Å². The van der Waals surface area contributed by atoms with Crippen LogP contribution in [0.5, 0.6) is 0 Å². The normalized spacial score (nSPS) is 10.3. The zero-order valence-corrected chi connectivity index (χ0v) is 7.99. The zero-order valence-electron chi connectivity index (χ0n) is 6.36. The Bertz CT molecular complexity index is 278. The van der Waals surface area contributed by atoms with Gasteiger partial charge in [0.05, 0.1) is 0 Å². The van der Waals surface area contributed by atoms with E-state index in [9.17, 15) is 0 Å².